The van der Waals surface area contributed by atoms with Gasteiger partial charge in [-0.25, -0.2) is 0 Å². The van der Waals surface area contributed by atoms with Crippen LogP contribution in [0.2, 0.25) is 0 Å². The Morgan fingerprint density at radius 2 is 2.31 bits per heavy atom. The van der Waals surface area contributed by atoms with Gasteiger partial charge in [0.05, 0.1) is 11.8 Å². The van der Waals surface area contributed by atoms with Crippen LogP contribution in [0.25, 0.3) is 0 Å². The minimum atomic E-state index is -0.0671. The summed E-state index contributed by atoms with van der Waals surface area (Å²) in [6.45, 7) is 4.00. The molecule has 0 aliphatic heterocycles. The van der Waals surface area contributed by atoms with Crippen LogP contribution in [0.5, 0.6) is 0 Å². The zero-order valence-electron chi connectivity index (χ0n) is 9.75. The van der Waals surface area contributed by atoms with Gasteiger partial charge in [0.15, 0.2) is 0 Å². The number of hydrogen-bond acceptors (Lipinski definition) is 2. The van der Waals surface area contributed by atoms with Gasteiger partial charge < -0.3 is 9.73 Å². The largest absolute Gasteiger partial charge is 0.469 e. The molecule has 1 N–H and O–H groups in total. The first-order valence-corrected chi connectivity index (χ1v) is 6.19. The first-order chi connectivity index (χ1) is 7.72. The van der Waals surface area contributed by atoms with E-state index in [0.29, 0.717) is 11.4 Å². The summed E-state index contributed by atoms with van der Waals surface area (Å²) >= 11 is 5.67. The van der Waals surface area contributed by atoms with Gasteiger partial charge in [-0.2, -0.15) is 0 Å². The van der Waals surface area contributed by atoms with Crippen LogP contribution in [0, 0.1) is 0 Å². The van der Waals surface area contributed by atoms with Crippen molar-refractivity contribution in [2.75, 3.05) is 5.88 Å². The molecule has 1 heterocycles. The van der Waals surface area contributed by atoms with Crippen LogP contribution in [0.3, 0.4) is 0 Å². The maximum atomic E-state index is 11.9. The molecule has 0 fully saturated rings. The molecule has 1 atom stereocenters. The van der Waals surface area contributed by atoms with E-state index >= 15 is 0 Å². The molecule has 1 aromatic heterocycles. The van der Waals surface area contributed by atoms with Crippen LogP contribution < -0.4 is 5.32 Å². The summed E-state index contributed by atoms with van der Waals surface area (Å²) in [5, 5.41) is 2.96. The van der Waals surface area contributed by atoms with E-state index in [1.54, 1.807) is 12.3 Å². The van der Waals surface area contributed by atoms with E-state index < -0.39 is 0 Å². The number of rotatable bonds is 6. The standard InChI is InChI=1S/C12H18ClNO2/c1-3-9(5-7-13)14-12(15)10-6-8-16-11(10)4-2/h6,8-9H,3-5,7H2,1-2H3,(H,14,15). The Balaban J connectivity index is 2.64. The van der Waals surface area contributed by atoms with Gasteiger partial charge in [0, 0.05) is 18.3 Å². The molecule has 4 heteroatoms. The molecule has 0 saturated heterocycles. The highest BCUT2D eigenvalue weighted by Crippen LogP contribution is 2.12. The van der Waals surface area contributed by atoms with Gasteiger partial charge in [0.25, 0.3) is 5.91 Å². The van der Waals surface area contributed by atoms with Gasteiger partial charge in [-0.1, -0.05) is 13.8 Å². The zero-order chi connectivity index (χ0) is 12.0. The van der Waals surface area contributed by atoms with Crippen LogP contribution in [0.1, 0.15) is 42.8 Å². The summed E-state index contributed by atoms with van der Waals surface area (Å²) in [7, 11) is 0. The van der Waals surface area contributed by atoms with Crippen LogP contribution in [0.15, 0.2) is 16.7 Å². The second-order valence-electron chi connectivity index (χ2n) is 3.67. The number of aryl methyl sites for hydroxylation is 1. The lowest BCUT2D eigenvalue weighted by atomic mass is 10.1. The highest BCUT2D eigenvalue weighted by atomic mass is 35.5. The third-order valence-electron chi connectivity index (χ3n) is 2.60. The van der Waals surface area contributed by atoms with Crippen molar-refractivity contribution in [3.05, 3.63) is 23.7 Å². The molecule has 0 radical (unpaired) electrons. The fourth-order valence-electron chi connectivity index (χ4n) is 1.59. The molecule has 0 bridgehead atoms. The quantitative estimate of drug-likeness (QED) is 0.781. The van der Waals surface area contributed by atoms with E-state index in [-0.39, 0.29) is 11.9 Å². The molecule has 1 amide bonds. The highest BCUT2D eigenvalue weighted by Gasteiger charge is 2.16. The molecular weight excluding hydrogens is 226 g/mol. The Hall–Kier alpha value is -0.960. The van der Waals surface area contributed by atoms with Crippen molar-refractivity contribution in [2.45, 2.75) is 39.2 Å². The maximum Gasteiger partial charge on any atom is 0.255 e. The molecule has 0 aliphatic rings. The molecule has 0 aliphatic carbocycles. The Morgan fingerprint density at radius 3 is 2.88 bits per heavy atom. The molecule has 16 heavy (non-hydrogen) atoms. The normalized spacial score (nSPS) is 12.4. The van der Waals surface area contributed by atoms with E-state index in [9.17, 15) is 4.79 Å². The number of carbonyl (C=O) groups is 1. The third-order valence-corrected chi connectivity index (χ3v) is 2.81. The molecule has 0 spiro atoms. The Bertz CT molecular complexity index is 336. The van der Waals surface area contributed by atoms with E-state index in [1.165, 1.54) is 0 Å². The fourth-order valence-corrected chi connectivity index (χ4v) is 1.85. The van der Waals surface area contributed by atoms with Crippen molar-refractivity contribution in [1.29, 1.82) is 0 Å². The molecule has 1 unspecified atom stereocenters. The number of halogens is 1. The van der Waals surface area contributed by atoms with Crippen molar-refractivity contribution in [3.63, 3.8) is 0 Å². The Kier molecular flexibility index (Phi) is 5.39. The minimum Gasteiger partial charge on any atom is -0.469 e. The third kappa shape index (κ3) is 3.27. The second-order valence-corrected chi connectivity index (χ2v) is 4.05. The van der Waals surface area contributed by atoms with Crippen LogP contribution >= 0.6 is 11.6 Å². The molecule has 90 valence electrons. The van der Waals surface area contributed by atoms with Crippen molar-refractivity contribution >= 4 is 17.5 Å². The first kappa shape index (κ1) is 13.1. The minimum absolute atomic E-state index is 0.0671. The lowest BCUT2D eigenvalue weighted by Crippen LogP contribution is -2.34. The van der Waals surface area contributed by atoms with Gasteiger partial charge in [0.2, 0.25) is 0 Å². The number of hydrogen-bond donors (Lipinski definition) is 1. The summed E-state index contributed by atoms with van der Waals surface area (Å²) in [5.74, 6) is 1.23. The van der Waals surface area contributed by atoms with Crippen molar-refractivity contribution in [1.82, 2.24) is 5.32 Å². The van der Waals surface area contributed by atoms with E-state index in [2.05, 4.69) is 5.32 Å². The topological polar surface area (TPSA) is 42.2 Å². The van der Waals surface area contributed by atoms with Crippen molar-refractivity contribution in [2.24, 2.45) is 0 Å². The number of furan rings is 1. The molecule has 1 aromatic rings. The van der Waals surface area contributed by atoms with Crippen molar-refractivity contribution < 1.29 is 9.21 Å². The lowest BCUT2D eigenvalue weighted by molar-refractivity contribution is 0.0933. The average Bonchev–Trinajstić information content (AvgIpc) is 2.76. The van der Waals surface area contributed by atoms with Gasteiger partial charge in [-0.05, 0) is 18.9 Å². The van der Waals surface area contributed by atoms with E-state index in [0.717, 1.165) is 25.0 Å². The van der Waals surface area contributed by atoms with E-state index in [4.69, 9.17) is 16.0 Å². The second kappa shape index (κ2) is 6.59. The highest BCUT2D eigenvalue weighted by molar-refractivity contribution is 6.17. The molecule has 3 nitrogen and oxygen atoms in total. The summed E-state index contributed by atoms with van der Waals surface area (Å²) in [6, 6.07) is 1.85. The number of alkyl halides is 1. The summed E-state index contributed by atoms with van der Waals surface area (Å²) in [6.07, 6.45) is 3.96. The van der Waals surface area contributed by atoms with Gasteiger partial charge in [0.1, 0.15) is 5.76 Å². The monoisotopic (exact) mass is 243 g/mol. The Morgan fingerprint density at radius 1 is 1.56 bits per heavy atom. The smallest absolute Gasteiger partial charge is 0.255 e. The number of amides is 1. The van der Waals surface area contributed by atoms with Crippen LogP contribution in [-0.2, 0) is 6.42 Å². The molecule has 0 saturated carbocycles. The summed E-state index contributed by atoms with van der Waals surface area (Å²) in [5.41, 5.74) is 0.635. The molecule has 1 rings (SSSR count). The van der Waals surface area contributed by atoms with E-state index in [1.807, 2.05) is 13.8 Å². The zero-order valence-corrected chi connectivity index (χ0v) is 10.5. The lowest BCUT2D eigenvalue weighted by Gasteiger charge is -2.15. The van der Waals surface area contributed by atoms with Gasteiger partial charge in [-0.3, -0.25) is 4.79 Å². The van der Waals surface area contributed by atoms with Gasteiger partial charge >= 0.3 is 0 Å². The average molecular weight is 244 g/mol. The van der Waals surface area contributed by atoms with Crippen LogP contribution in [-0.4, -0.2) is 17.8 Å². The predicted octanol–water partition coefficient (Wildman–Crippen LogP) is 2.98. The molecule has 0 aromatic carbocycles. The maximum absolute atomic E-state index is 11.9. The Labute approximate surface area is 101 Å². The number of carbonyl (C=O) groups excluding carboxylic acids is 1. The first-order valence-electron chi connectivity index (χ1n) is 5.66. The number of nitrogens with one attached hydrogen (secondary N) is 1. The van der Waals surface area contributed by atoms with Gasteiger partial charge in [-0.15, -0.1) is 11.6 Å². The molecular formula is C12H18ClNO2. The van der Waals surface area contributed by atoms with Crippen molar-refractivity contribution in [3.8, 4) is 0 Å². The SMILES string of the molecule is CCc1occc1C(=O)NC(CC)CCCl. The summed E-state index contributed by atoms with van der Waals surface area (Å²) < 4.78 is 5.22. The fraction of sp³-hybridized carbons (Fsp3) is 0.583. The van der Waals surface area contributed by atoms with Crippen LogP contribution in [0.4, 0.5) is 0 Å². The predicted molar refractivity (Wildman–Crippen MR) is 65.0 cm³/mol. The summed E-state index contributed by atoms with van der Waals surface area (Å²) in [4.78, 5) is 11.9.